The van der Waals surface area contributed by atoms with E-state index in [9.17, 15) is 9.59 Å². The minimum absolute atomic E-state index is 0.199. The molecule has 1 aromatic heterocycles. The van der Waals surface area contributed by atoms with Crippen molar-refractivity contribution in [3.05, 3.63) is 43.3 Å². The van der Waals surface area contributed by atoms with E-state index in [1.807, 2.05) is 19.9 Å². The summed E-state index contributed by atoms with van der Waals surface area (Å²) >= 11 is 9.19. The molecular weight excluding hydrogens is 320 g/mol. The van der Waals surface area contributed by atoms with Crippen LogP contribution >= 0.6 is 27.5 Å². The second-order valence-electron chi connectivity index (χ2n) is 4.65. The number of nitrogens with zero attached hydrogens (tertiary/aromatic N) is 1. The number of rotatable bonds is 1. The molecule has 18 heavy (non-hydrogen) atoms. The van der Waals surface area contributed by atoms with Gasteiger partial charge in [-0.05, 0) is 48.8 Å². The predicted molar refractivity (Wildman–Crippen MR) is 74.0 cm³/mol. The lowest BCUT2D eigenvalue weighted by atomic mass is 10.1. The van der Waals surface area contributed by atoms with Gasteiger partial charge in [-0.1, -0.05) is 17.2 Å². The van der Waals surface area contributed by atoms with Crippen molar-refractivity contribution in [3.63, 3.8) is 0 Å². The monoisotopic (exact) mass is 330 g/mol. The van der Waals surface area contributed by atoms with Gasteiger partial charge in [-0.3, -0.25) is 14.2 Å². The molecule has 0 bridgehead atoms. The Morgan fingerprint density at radius 2 is 2.11 bits per heavy atom. The number of carbonyl (C=O) groups excluding carboxylic acids is 1. The summed E-state index contributed by atoms with van der Waals surface area (Å²) in [6.07, 6.45) is 1.82. The van der Waals surface area contributed by atoms with Crippen LogP contribution in [0.3, 0.4) is 0 Å². The van der Waals surface area contributed by atoms with Crippen molar-refractivity contribution >= 4 is 33.4 Å². The number of nitrogens with one attached hydrogen (secondary N) is 1. The van der Waals surface area contributed by atoms with Crippen LogP contribution in [0.1, 0.15) is 31.3 Å². The Morgan fingerprint density at radius 1 is 1.50 bits per heavy atom. The van der Waals surface area contributed by atoms with E-state index >= 15 is 0 Å². The first-order valence-corrected chi connectivity index (χ1v) is 6.53. The van der Waals surface area contributed by atoms with Crippen LogP contribution in [0.4, 0.5) is 0 Å². The van der Waals surface area contributed by atoms with Crippen LogP contribution in [0, 0.1) is 0 Å². The number of hydrogen-bond donors (Lipinski definition) is 1. The highest BCUT2D eigenvalue weighted by molar-refractivity contribution is 9.10. The Morgan fingerprint density at radius 3 is 2.67 bits per heavy atom. The highest BCUT2D eigenvalue weighted by Crippen LogP contribution is 2.29. The van der Waals surface area contributed by atoms with Crippen molar-refractivity contribution in [1.29, 1.82) is 0 Å². The SMILES string of the molecule is CC(C)=CC1(C)NC(=O)c2c(Cl)cc(Br)c(=O)n21. The quantitative estimate of drug-likeness (QED) is 0.804. The maximum absolute atomic E-state index is 12.2. The van der Waals surface area contributed by atoms with E-state index in [4.69, 9.17) is 11.6 Å². The third-order valence-electron chi connectivity index (χ3n) is 2.73. The number of hydrogen-bond acceptors (Lipinski definition) is 2. The van der Waals surface area contributed by atoms with Gasteiger partial charge < -0.3 is 5.32 Å². The molecule has 1 aliphatic heterocycles. The molecule has 4 nitrogen and oxygen atoms in total. The molecule has 1 aliphatic rings. The van der Waals surface area contributed by atoms with Crippen molar-refractivity contribution in [2.45, 2.75) is 26.4 Å². The van der Waals surface area contributed by atoms with Crippen molar-refractivity contribution in [3.8, 4) is 0 Å². The zero-order chi connectivity index (χ0) is 13.7. The van der Waals surface area contributed by atoms with E-state index < -0.39 is 5.66 Å². The fraction of sp³-hybridized carbons (Fsp3) is 0.333. The Kier molecular flexibility index (Phi) is 3.15. The highest BCUT2D eigenvalue weighted by Gasteiger charge is 2.39. The predicted octanol–water partition coefficient (Wildman–Crippen LogP) is 2.65. The Labute approximate surface area is 118 Å². The standard InChI is InChI=1S/C12H12BrClN2O2/c1-6(2)5-12(3)15-10(17)9-8(14)4-7(13)11(18)16(9)12/h4-5H,1-3H3,(H,15,17). The third-order valence-corrected chi connectivity index (χ3v) is 3.58. The molecule has 96 valence electrons. The fourth-order valence-electron chi connectivity index (χ4n) is 2.22. The van der Waals surface area contributed by atoms with Gasteiger partial charge in [0.1, 0.15) is 11.4 Å². The molecule has 1 atom stereocenters. The van der Waals surface area contributed by atoms with Gasteiger partial charge in [0.15, 0.2) is 0 Å². The second kappa shape index (κ2) is 4.24. The molecule has 0 aromatic carbocycles. The van der Waals surface area contributed by atoms with Crippen molar-refractivity contribution < 1.29 is 4.79 Å². The molecule has 0 spiro atoms. The number of allylic oxidation sites excluding steroid dienone is 1. The van der Waals surface area contributed by atoms with Crippen LogP contribution in [0.2, 0.25) is 5.02 Å². The summed E-state index contributed by atoms with van der Waals surface area (Å²) in [4.78, 5) is 24.1. The highest BCUT2D eigenvalue weighted by atomic mass is 79.9. The summed E-state index contributed by atoms with van der Waals surface area (Å²) in [7, 11) is 0. The lowest BCUT2D eigenvalue weighted by Gasteiger charge is -2.24. The summed E-state index contributed by atoms with van der Waals surface area (Å²) < 4.78 is 1.72. The van der Waals surface area contributed by atoms with Crippen LogP contribution in [0.15, 0.2) is 27.0 Å². The normalized spacial score (nSPS) is 21.5. The molecule has 0 fully saturated rings. The molecule has 2 rings (SSSR count). The van der Waals surface area contributed by atoms with Gasteiger partial charge in [0.25, 0.3) is 11.5 Å². The zero-order valence-electron chi connectivity index (χ0n) is 10.2. The molecule has 0 saturated heterocycles. The van der Waals surface area contributed by atoms with Gasteiger partial charge in [-0.15, -0.1) is 0 Å². The maximum atomic E-state index is 12.2. The van der Waals surface area contributed by atoms with E-state index in [2.05, 4.69) is 21.2 Å². The van der Waals surface area contributed by atoms with Gasteiger partial charge in [0.05, 0.1) is 9.50 Å². The minimum atomic E-state index is -0.879. The molecular formula is C12H12BrClN2O2. The number of aromatic nitrogens is 1. The van der Waals surface area contributed by atoms with Gasteiger partial charge in [-0.25, -0.2) is 0 Å². The lowest BCUT2D eigenvalue weighted by molar-refractivity contribution is 0.0943. The minimum Gasteiger partial charge on any atom is -0.324 e. The molecule has 1 unspecified atom stereocenters. The molecule has 0 aliphatic carbocycles. The lowest BCUT2D eigenvalue weighted by Crippen LogP contribution is -2.43. The van der Waals surface area contributed by atoms with E-state index in [1.165, 1.54) is 10.6 Å². The topological polar surface area (TPSA) is 51.1 Å². The average molecular weight is 332 g/mol. The van der Waals surface area contributed by atoms with Gasteiger partial charge in [0.2, 0.25) is 0 Å². The maximum Gasteiger partial charge on any atom is 0.271 e. The third kappa shape index (κ3) is 1.91. The molecule has 2 heterocycles. The van der Waals surface area contributed by atoms with Gasteiger partial charge in [0, 0.05) is 0 Å². The average Bonchev–Trinajstić information content (AvgIpc) is 2.45. The summed E-state index contributed by atoms with van der Waals surface area (Å²) in [6.45, 7) is 5.57. The van der Waals surface area contributed by atoms with Crippen LogP contribution in [0.25, 0.3) is 0 Å². The van der Waals surface area contributed by atoms with Crippen LogP contribution < -0.4 is 10.9 Å². The Bertz CT molecular complexity index is 632. The zero-order valence-corrected chi connectivity index (χ0v) is 12.5. The van der Waals surface area contributed by atoms with Crippen LogP contribution in [-0.2, 0) is 5.66 Å². The largest absolute Gasteiger partial charge is 0.324 e. The number of pyridine rings is 1. The first-order chi connectivity index (χ1) is 8.26. The van der Waals surface area contributed by atoms with Gasteiger partial charge >= 0.3 is 0 Å². The van der Waals surface area contributed by atoms with E-state index in [-0.39, 0.29) is 22.2 Å². The van der Waals surface area contributed by atoms with E-state index in [1.54, 1.807) is 6.92 Å². The van der Waals surface area contributed by atoms with Crippen LogP contribution in [-0.4, -0.2) is 10.5 Å². The van der Waals surface area contributed by atoms with E-state index in [0.29, 0.717) is 4.47 Å². The van der Waals surface area contributed by atoms with Gasteiger partial charge in [-0.2, -0.15) is 0 Å². The van der Waals surface area contributed by atoms with E-state index in [0.717, 1.165) is 5.57 Å². The summed E-state index contributed by atoms with van der Waals surface area (Å²) in [5.74, 6) is -0.343. The first kappa shape index (κ1) is 13.4. The number of halogens is 2. The van der Waals surface area contributed by atoms with Crippen LogP contribution in [0.5, 0.6) is 0 Å². The number of carbonyl (C=O) groups is 1. The summed E-state index contributed by atoms with van der Waals surface area (Å²) in [5.41, 5.74) is 0.0294. The first-order valence-electron chi connectivity index (χ1n) is 5.36. The molecule has 1 amide bonds. The Hall–Kier alpha value is -1.07. The molecule has 1 N–H and O–H groups in total. The fourth-order valence-corrected chi connectivity index (χ4v) is 3.03. The second-order valence-corrected chi connectivity index (χ2v) is 5.91. The summed E-state index contributed by atoms with van der Waals surface area (Å²) in [5, 5.41) is 3.03. The summed E-state index contributed by atoms with van der Waals surface area (Å²) in [6, 6.07) is 1.45. The van der Waals surface area contributed by atoms with Crippen molar-refractivity contribution in [2.24, 2.45) is 0 Å². The van der Waals surface area contributed by atoms with Crippen molar-refractivity contribution in [1.82, 2.24) is 9.88 Å². The van der Waals surface area contributed by atoms with Crippen molar-refractivity contribution in [2.75, 3.05) is 0 Å². The molecule has 6 heteroatoms. The number of amides is 1. The smallest absolute Gasteiger partial charge is 0.271 e. The Balaban J connectivity index is 2.84. The molecule has 1 aromatic rings. The molecule has 0 saturated carbocycles. The number of fused-ring (bicyclic) bond motifs is 1. The molecule has 0 radical (unpaired) electrons.